The fraction of sp³-hybridized carbons (Fsp3) is 0.143. The van der Waals surface area contributed by atoms with Crippen molar-refractivity contribution in [2.24, 2.45) is 0 Å². The Morgan fingerprint density at radius 2 is 2.00 bits per heavy atom. The lowest BCUT2D eigenvalue weighted by molar-refractivity contribution is 0.0593. The molecule has 2 aromatic rings. The average Bonchev–Trinajstić information content (AvgIpc) is 2.46. The molecule has 5 heteroatoms. The van der Waals surface area contributed by atoms with Gasteiger partial charge in [0.25, 0.3) is 0 Å². The van der Waals surface area contributed by atoms with Crippen molar-refractivity contribution in [2.45, 2.75) is 6.61 Å². The molecule has 1 aromatic heterocycles. The molecule has 0 bridgehead atoms. The third kappa shape index (κ3) is 3.22. The van der Waals surface area contributed by atoms with Crippen LogP contribution in [0.2, 0.25) is 0 Å². The molecule has 0 aliphatic rings. The summed E-state index contributed by atoms with van der Waals surface area (Å²) in [6.07, 6.45) is 1.36. The van der Waals surface area contributed by atoms with Crippen molar-refractivity contribution >= 4 is 5.97 Å². The van der Waals surface area contributed by atoms with Crippen molar-refractivity contribution < 1.29 is 14.3 Å². The maximum Gasteiger partial charge on any atom is 0.354 e. The zero-order valence-corrected chi connectivity index (χ0v) is 10.4. The molecule has 0 unspecified atom stereocenters. The van der Waals surface area contributed by atoms with Crippen LogP contribution in [0.25, 0.3) is 0 Å². The Hall–Kier alpha value is -2.56. The number of H-pyrrole nitrogens is 1. The number of carbonyl (C=O) groups excluding carboxylic acids is 1. The number of ether oxygens (including phenoxy) is 2. The number of hydrogen-bond acceptors (Lipinski definition) is 4. The molecule has 1 aromatic carbocycles. The van der Waals surface area contributed by atoms with E-state index in [2.05, 4.69) is 9.72 Å². The van der Waals surface area contributed by atoms with Gasteiger partial charge in [0.1, 0.15) is 12.3 Å². The summed E-state index contributed by atoms with van der Waals surface area (Å²) in [5.74, 6) is -0.428. The molecule has 0 saturated carbocycles. The van der Waals surface area contributed by atoms with E-state index >= 15 is 0 Å². The second kappa shape index (κ2) is 5.86. The minimum atomic E-state index is -0.591. The summed E-state index contributed by atoms with van der Waals surface area (Å²) >= 11 is 0. The van der Waals surface area contributed by atoms with Gasteiger partial charge in [0.15, 0.2) is 5.75 Å². The number of esters is 1. The molecule has 0 aliphatic heterocycles. The molecule has 19 heavy (non-hydrogen) atoms. The van der Waals surface area contributed by atoms with Crippen molar-refractivity contribution in [1.29, 1.82) is 0 Å². The van der Waals surface area contributed by atoms with Crippen LogP contribution in [0.5, 0.6) is 5.75 Å². The average molecular weight is 259 g/mol. The smallest absolute Gasteiger partial charge is 0.354 e. The SMILES string of the molecule is COC(=O)c1cc(=O)c(OCc2ccccc2)c[nH]1. The number of aromatic amines is 1. The predicted molar refractivity (Wildman–Crippen MR) is 69.2 cm³/mol. The summed E-state index contributed by atoms with van der Waals surface area (Å²) in [5.41, 5.74) is 0.689. The Kier molecular flexibility index (Phi) is 3.97. The highest BCUT2D eigenvalue weighted by atomic mass is 16.5. The van der Waals surface area contributed by atoms with Crippen LogP contribution in [0, 0.1) is 0 Å². The predicted octanol–water partition coefficient (Wildman–Crippen LogP) is 1.74. The summed E-state index contributed by atoms with van der Waals surface area (Å²) in [7, 11) is 1.25. The molecule has 1 heterocycles. The van der Waals surface area contributed by atoms with E-state index in [1.807, 2.05) is 30.3 Å². The molecule has 0 fully saturated rings. The minimum absolute atomic E-state index is 0.0968. The quantitative estimate of drug-likeness (QED) is 0.849. The Labute approximate surface area is 109 Å². The molecule has 0 amide bonds. The van der Waals surface area contributed by atoms with Gasteiger partial charge in [-0.25, -0.2) is 4.79 Å². The molecule has 5 nitrogen and oxygen atoms in total. The first-order valence-electron chi connectivity index (χ1n) is 5.68. The van der Waals surface area contributed by atoms with Crippen LogP contribution in [-0.2, 0) is 11.3 Å². The van der Waals surface area contributed by atoms with Crippen molar-refractivity contribution in [2.75, 3.05) is 7.11 Å². The molecule has 2 rings (SSSR count). The van der Waals surface area contributed by atoms with Gasteiger partial charge < -0.3 is 14.5 Å². The fourth-order valence-corrected chi connectivity index (χ4v) is 1.53. The van der Waals surface area contributed by atoms with Crippen LogP contribution in [0.3, 0.4) is 0 Å². The van der Waals surface area contributed by atoms with E-state index in [-0.39, 0.29) is 16.9 Å². The summed E-state index contributed by atoms with van der Waals surface area (Å²) in [6, 6.07) is 10.6. The van der Waals surface area contributed by atoms with Crippen LogP contribution < -0.4 is 10.2 Å². The monoisotopic (exact) mass is 259 g/mol. The lowest BCUT2D eigenvalue weighted by atomic mass is 10.2. The van der Waals surface area contributed by atoms with Gasteiger partial charge in [-0.15, -0.1) is 0 Å². The summed E-state index contributed by atoms with van der Waals surface area (Å²) in [5, 5.41) is 0. The van der Waals surface area contributed by atoms with Crippen LogP contribution in [0.15, 0.2) is 47.4 Å². The first-order valence-corrected chi connectivity index (χ1v) is 5.68. The van der Waals surface area contributed by atoms with Crippen LogP contribution in [0.4, 0.5) is 0 Å². The van der Waals surface area contributed by atoms with Crippen LogP contribution in [-0.4, -0.2) is 18.1 Å². The van der Waals surface area contributed by atoms with Gasteiger partial charge in [-0.3, -0.25) is 4.79 Å². The molecule has 0 saturated heterocycles. The molecule has 1 N–H and O–H groups in total. The highest BCUT2D eigenvalue weighted by molar-refractivity contribution is 5.87. The van der Waals surface area contributed by atoms with Crippen molar-refractivity contribution in [3.8, 4) is 5.75 Å². The first kappa shape index (κ1) is 12.9. The van der Waals surface area contributed by atoms with E-state index in [0.29, 0.717) is 6.61 Å². The minimum Gasteiger partial charge on any atom is -0.483 e. The number of pyridine rings is 1. The van der Waals surface area contributed by atoms with Crippen molar-refractivity contribution in [3.05, 3.63) is 64.1 Å². The van der Waals surface area contributed by atoms with Gasteiger partial charge in [-0.2, -0.15) is 0 Å². The molecule has 98 valence electrons. The first-order chi connectivity index (χ1) is 9.20. The molecule has 0 aliphatic carbocycles. The van der Waals surface area contributed by atoms with Crippen LogP contribution >= 0.6 is 0 Å². The van der Waals surface area contributed by atoms with Crippen LogP contribution in [0.1, 0.15) is 16.1 Å². The Bertz CT molecular complexity index is 619. The van der Waals surface area contributed by atoms with E-state index in [1.54, 1.807) is 0 Å². The highest BCUT2D eigenvalue weighted by Gasteiger charge is 2.09. The van der Waals surface area contributed by atoms with Crippen molar-refractivity contribution in [1.82, 2.24) is 4.98 Å². The maximum absolute atomic E-state index is 11.7. The second-order valence-electron chi connectivity index (χ2n) is 3.84. The number of benzene rings is 1. The van der Waals surface area contributed by atoms with E-state index in [0.717, 1.165) is 11.6 Å². The number of nitrogens with one attached hydrogen (secondary N) is 1. The summed E-state index contributed by atoms with van der Waals surface area (Å²) in [6.45, 7) is 0.293. The van der Waals surface area contributed by atoms with Gasteiger partial charge in [0, 0.05) is 12.3 Å². The Balaban J connectivity index is 2.10. The van der Waals surface area contributed by atoms with E-state index in [1.165, 1.54) is 13.3 Å². The molecular formula is C14H13NO4. The highest BCUT2D eigenvalue weighted by Crippen LogP contribution is 2.07. The van der Waals surface area contributed by atoms with Gasteiger partial charge in [0.2, 0.25) is 5.43 Å². The number of carbonyl (C=O) groups is 1. The van der Waals surface area contributed by atoms with Gasteiger partial charge in [0.05, 0.1) is 7.11 Å². The number of aromatic nitrogens is 1. The summed E-state index contributed by atoms with van der Waals surface area (Å²) in [4.78, 5) is 25.6. The largest absolute Gasteiger partial charge is 0.483 e. The Morgan fingerprint density at radius 3 is 2.63 bits per heavy atom. The fourth-order valence-electron chi connectivity index (χ4n) is 1.53. The van der Waals surface area contributed by atoms with Gasteiger partial charge >= 0.3 is 5.97 Å². The molecular weight excluding hydrogens is 246 g/mol. The lowest BCUT2D eigenvalue weighted by Crippen LogP contribution is -2.13. The number of methoxy groups -OCH3 is 1. The number of rotatable bonds is 4. The second-order valence-corrected chi connectivity index (χ2v) is 3.84. The normalized spacial score (nSPS) is 9.95. The van der Waals surface area contributed by atoms with E-state index in [4.69, 9.17) is 4.74 Å². The van der Waals surface area contributed by atoms with Crippen molar-refractivity contribution in [3.63, 3.8) is 0 Å². The third-order valence-electron chi connectivity index (χ3n) is 2.52. The van der Waals surface area contributed by atoms with Gasteiger partial charge in [-0.1, -0.05) is 30.3 Å². The van der Waals surface area contributed by atoms with E-state index in [9.17, 15) is 9.59 Å². The molecule has 0 radical (unpaired) electrons. The summed E-state index contributed by atoms with van der Waals surface area (Å²) < 4.78 is 9.91. The van der Waals surface area contributed by atoms with Gasteiger partial charge in [-0.05, 0) is 5.56 Å². The molecule has 0 spiro atoms. The maximum atomic E-state index is 11.7. The van der Waals surface area contributed by atoms with E-state index < -0.39 is 5.97 Å². The Morgan fingerprint density at radius 1 is 1.26 bits per heavy atom. The molecule has 0 atom stereocenters. The number of hydrogen-bond donors (Lipinski definition) is 1. The lowest BCUT2D eigenvalue weighted by Gasteiger charge is -2.06. The topological polar surface area (TPSA) is 68.4 Å². The zero-order chi connectivity index (χ0) is 13.7. The zero-order valence-electron chi connectivity index (χ0n) is 10.4. The third-order valence-corrected chi connectivity index (χ3v) is 2.52. The standard InChI is InChI=1S/C14H13NO4/c1-18-14(17)11-7-12(16)13(8-15-11)19-9-10-5-3-2-4-6-10/h2-8H,9H2,1H3,(H,15,16).